The first-order valence-corrected chi connectivity index (χ1v) is 16.6. The van der Waals surface area contributed by atoms with Crippen molar-refractivity contribution in [3.63, 3.8) is 0 Å². The molecule has 2 aromatic carbocycles. The molecule has 0 spiro atoms. The maximum Gasteiger partial charge on any atom is 0.410 e. The number of nitrogens with one attached hydrogen (secondary N) is 1. The van der Waals surface area contributed by atoms with Crippen LogP contribution in [0.4, 0.5) is 29.3 Å². The number of aromatic nitrogens is 2. The molecule has 6 rings (SSSR count). The fraction of sp³-hybridized carbons (Fsp3) is 0.364. The van der Waals surface area contributed by atoms with E-state index in [4.69, 9.17) is 4.74 Å². The van der Waals surface area contributed by atoms with Gasteiger partial charge >= 0.3 is 6.09 Å². The number of carbonyl (C=O) groups is 2. The normalized spacial score (nSPS) is 17.4. The Hall–Kier alpha value is -4.63. The monoisotopic (exact) mass is 684 g/mol. The zero-order chi connectivity index (χ0) is 34.3. The molecule has 2 saturated heterocycles. The van der Waals surface area contributed by atoms with Crippen LogP contribution in [0.15, 0.2) is 54.9 Å². The third-order valence-corrected chi connectivity index (χ3v) is 9.10. The van der Waals surface area contributed by atoms with Gasteiger partial charge in [0.05, 0.1) is 12.1 Å². The number of amides is 1. The number of thiol groups is 1. The van der Waals surface area contributed by atoms with Crippen LogP contribution < -0.4 is 9.31 Å². The van der Waals surface area contributed by atoms with Crippen molar-refractivity contribution < 1.29 is 35.9 Å². The number of aromatic amines is 1. The lowest BCUT2D eigenvalue weighted by Crippen LogP contribution is -2.50. The first-order valence-electron chi connectivity index (χ1n) is 15.5. The van der Waals surface area contributed by atoms with Crippen molar-refractivity contribution in [3.8, 4) is 11.1 Å². The molecule has 0 aliphatic carbocycles. The number of anilines is 2. The fourth-order valence-electron chi connectivity index (χ4n) is 5.94. The summed E-state index contributed by atoms with van der Waals surface area (Å²) < 4.78 is 75.0. The van der Waals surface area contributed by atoms with Crippen molar-refractivity contribution in [1.29, 1.82) is 0 Å². The van der Waals surface area contributed by atoms with Crippen LogP contribution in [0.5, 0.6) is 0 Å². The van der Waals surface area contributed by atoms with Gasteiger partial charge in [-0.05, 0) is 63.1 Å². The SMILES string of the molecule is CC(C)(C)OC(=O)N1CCN(c2ccc(-c3cnc4[nH]cc(C(=O)c5c(F)ccc(N(N6CC[C@@H](F)C6)[SH](=O)=O)c5F)c4c3)cc2)CC1. The van der Waals surface area contributed by atoms with Gasteiger partial charge in [-0.25, -0.2) is 36.4 Å². The summed E-state index contributed by atoms with van der Waals surface area (Å²) in [5.41, 5.74) is 0.577. The quantitative estimate of drug-likeness (QED) is 0.204. The Balaban J connectivity index is 1.23. The zero-order valence-electron chi connectivity index (χ0n) is 26.6. The molecule has 2 fully saturated rings. The number of nitrogens with zero attached hydrogens (tertiary/aromatic N) is 5. The second-order valence-corrected chi connectivity index (χ2v) is 13.6. The van der Waals surface area contributed by atoms with Crippen molar-refractivity contribution >= 4 is 45.2 Å². The molecular weight excluding hydrogens is 649 g/mol. The van der Waals surface area contributed by atoms with Gasteiger partial charge in [-0.15, -0.1) is 0 Å². The van der Waals surface area contributed by atoms with E-state index in [-0.39, 0.29) is 31.2 Å². The molecule has 4 heterocycles. The number of carbonyl (C=O) groups excluding carboxylic acids is 2. The van der Waals surface area contributed by atoms with E-state index in [2.05, 4.69) is 14.9 Å². The highest BCUT2D eigenvalue weighted by molar-refractivity contribution is 7.73. The van der Waals surface area contributed by atoms with Crippen molar-refractivity contribution in [2.45, 2.75) is 39.0 Å². The van der Waals surface area contributed by atoms with Crippen LogP contribution in [0, 0.1) is 11.6 Å². The number of ketones is 1. The molecule has 0 bridgehead atoms. The third-order valence-electron chi connectivity index (χ3n) is 8.32. The predicted octanol–water partition coefficient (Wildman–Crippen LogP) is 5.09. The number of benzene rings is 2. The summed E-state index contributed by atoms with van der Waals surface area (Å²) in [7, 11) is -3.47. The first kappa shape index (κ1) is 33.3. The van der Waals surface area contributed by atoms with Gasteiger partial charge in [0.2, 0.25) is 16.7 Å². The number of rotatable bonds is 7. The number of fused-ring (bicyclic) bond motifs is 1. The van der Waals surface area contributed by atoms with Crippen molar-refractivity contribution in [1.82, 2.24) is 19.9 Å². The van der Waals surface area contributed by atoms with Gasteiger partial charge in [-0.1, -0.05) is 12.1 Å². The average Bonchev–Trinajstić information content (AvgIpc) is 3.67. The average molecular weight is 685 g/mol. The molecule has 254 valence electrons. The number of hydrogen-bond donors (Lipinski definition) is 2. The van der Waals surface area contributed by atoms with E-state index >= 15 is 8.78 Å². The van der Waals surface area contributed by atoms with Crippen molar-refractivity contribution in [2.24, 2.45) is 0 Å². The first-order chi connectivity index (χ1) is 22.8. The highest BCUT2D eigenvalue weighted by Gasteiger charge is 2.33. The number of H-pyrrole nitrogens is 1. The standard InChI is InChI=1S/C33H35F3N6O5S/c1-33(2,3)47-32(44)40-14-12-39(13-15-40)23-6-4-20(5-7-23)21-16-24-25(18-38-31(24)37-17-21)30(43)28-26(35)8-9-27(29(28)36)42(48(45)46)41-11-10-22(34)19-41/h4-9,16-18,22,48H,10-15,19H2,1-3H3,(H,37,38)/t22-/m1/s1. The molecular formula is C33H35F3N6O5S. The van der Waals surface area contributed by atoms with Crippen LogP contribution in [0.3, 0.4) is 0 Å². The number of hydrogen-bond acceptors (Lipinski definition) is 8. The summed E-state index contributed by atoms with van der Waals surface area (Å²) in [5.74, 6) is -3.56. The van der Waals surface area contributed by atoms with E-state index < -0.39 is 51.3 Å². The number of hydrazine groups is 1. The van der Waals surface area contributed by atoms with Crippen molar-refractivity contribution in [3.05, 3.63) is 77.6 Å². The second-order valence-electron chi connectivity index (χ2n) is 12.7. The molecule has 1 atom stereocenters. The third kappa shape index (κ3) is 6.69. The van der Waals surface area contributed by atoms with Crippen molar-refractivity contribution in [2.75, 3.05) is 48.6 Å². The number of piperazine rings is 1. The predicted molar refractivity (Wildman–Crippen MR) is 175 cm³/mol. The second kappa shape index (κ2) is 13.1. The molecule has 2 aliphatic heterocycles. The summed E-state index contributed by atoms with van der Waals surface area (Å²) in [4.78, 5) is 37.2. The summed E-state index contributed by atoms with van der Waals surface area (Å²) in [6.07, 6.45) is 1.32. The van der Waals surface area contributed by atoms with Gasteiger partial charge in [-0.3, -0.25) is 4.79 Å². The highest BCUT2D eigenvalue weighted by atomic mass is 32.2. The maximum absolute atomic E-state index is 15.9. The fourth-order valence-corrected chi connectivity index (χ4v) is 6.64. The minimum Gasteiger partial charge on any atom is -0.444 e. The summed E-state index contributed by atoms with van der Waals surface area (Å²) in [5, 5.41) is 1.42. The Morgan fingerprint density at radius 1 is 1.00 bits per heavy atom. The molecule has 11 nitrogen and oxygen atoms in total. The summed E-state index contributed by atoms with van der Waals surface area (Å²) in [6, 6.07) is 11.1. The van der Waals surface area contributed by atoms with Gasteiger partial charge in [0.25, 0.3) is 0 Å². The van der Waals surface area contributed by atoms with Gasteiger partial charge < -0.3 is 19.5 Å². The minimum atomic E-state index is -3.47. The zero-order valence-corrected chi connectivity index (χ0v) is 27.5. The summed E-state index contributed by atoms with van der Waals surface area (Å²) >= 11 is 0. The number of alkyl halides is 1. The van der Waals surface area contributed by atoms with Crippen LogP contribution in [-0.2, 0) is 15.6 Å². The minimum absolute atomic E-state index is 0.00713. The van der Waals surface area contributed by atoms with E-state index in [0.29, 0.717) is 47.2 Å². The Morgan fingerprint density at radius 2 is 1.71 bits per heavy atom. The van der Waals surface area contributed by atoms with E-state index in [9.17, 15) is 22.4 Å². The topological polar surface area (TPSA) is 119 Å². The number of ether oxygens (including phenoxy) is 1. The molecule has 2 aliphatic rings. The smallest absolute Gasteiger partial charge is 0.410 e. The number of halogens is 3. The Labute approximate surface area is 276 Å². The van der Waals surface area contributed by atoms with Crippen LogP contribution in [-0.4, -0.2) is 91.2 Å². The Kier molecular flexibility index (Phi) is 9.09. The molecule has 1 N–H and O–H groups in total. The highest BCUT2D eigenvalue weighted by Crippen LogP contribution is 2.33. The lowest BCUT2D eigenvalue weighted by molar-refractivity contribution is 0.0240. The van der Waals surface area contributed by atoms with E-state index in [1.54, 1.807) is 17.2 Å². The van der Waals surface area contributed by atoms with E-state index in [1.807, 2.05) is 45.0 Å². The van der Waals surface area contributed by atoms with Gasteiger partial charge in [0.1, 0.15) is 28.9 Å². The van der Waals surface area contributed by atoms with Crippen LogP contribution >= 0.6 is 0 Å². The molecule has 15 heteroatoms. The Morgan fingerprint density at radius 3 is 2.33 bits per heavy atom. The number of pyridine rings is 1. The molecule has 4 aromatic rings. The molecule has 48 heavy (non-hydrogen) atoms. The van der Waals surface area contributed by atoms with Gasteiger partial charge in [0, 0.05) is 67.3 Å². The maximum atomic E-state index is 15.9. The van der Waals surface area contributed by atoms with Gasteiger partial charge in [0.15, 0.2) is 5.82 Å². The van der Waals surface area contributed by atoms with Crippen LogP contribution in [0.2, 0.25) is 0 Å². The molecule has 0 unspecified atom stereocenters. The molecule has 0 radical (unpaired) electrons. The lowest BCUT2D eigenvalue weighted by atomic mass is 9.99. The largest absolute Gasteiger partial charge is 0.444 e. The molecule has 1 amide bonds. The van der Waals surface area contributed by atoms with E-state index in [0.717, 1.165) is 28.4 Å². The van der Waals surface area contributed by atoms with Crippen LogP contribution in [0.1, 0.15) is 43.1 Å². The van der Waals surface area contributed by atoms with Gasteiger partial charge in [-0.2, -0.15) is 4.41 Å². The molecule has 0 saturated carbocycles. The Bertz CT molecular complexity index is 1930. The summed E-state index contributed by atoms with van der Waals surface area (Å²) in [6.45, 7) is 7.53. The molecule has 2 aromatic heterocycles. The van der Waals surface area contributed by atoms with E-state index in [1.165, 1.54) is 6.20 Å². The van der Waals surface area contributed by atoms with Crippen LogP contribution in [0.25, 0.3) is 22.2 Å². The lowest BCUT2D eigenvalue weighted by Gasteiger charge is -2.36.